The molecule has 0 bridgehead atoms. The molecule has 4 heteroatoms. The van der Waals surface area contributed by atoms with Crippen molar-refractivity contribution in [3.8, 4) is 0 Å². The molecule has 3 nitrogen and oxygen atoms in total. The Morgan fingerprint density at radius 1 is 1.53 bits per heavy atom. The maximum absolute atomic E-state index is 5.36. The summed E-state index contributed by atoms with van der Waals surface area (Å²) in [5.74, 6) is 0.674. The lowest BCUT2D eigenvalue weighted by Gasteiger charge is -2.20. The highest BCUT2D eigenvalue weighted by Gasteiger charge is 2.18. The molecule has 1 fully saturated rings. The Morgan fingerprint density at radius 2 is 2.33 bits per heavy atom. The van der Waals surface area contributed by atoms with E-state index in [1.54, 1.807) is 11.3 Å². The predicted molar refractivity (Wildman–Crippen MR) is 63.7 cm³/mol. The van der Waals surface area contributed by atoms with E-state index < -0.39 is 0 Å². The van der Waals surface area contributed by atoms with Crippen LogP contribution in [0.5, 0.6) is 0 Å². The van der Waals surface area contributed by atoms with Gasteiger partial charge in [0.25, 0.3) is 0 Å². The summed E-state index contributed by atoms with van der Waals surface area (Å²) in [6.07, 6.45) is 5.47. The standard InChI is InChI=1S/C11H18N2OS/c1-2-5-12-11-13-8-10(15-11)9-3-6-14-7-4-9/h8-9H,2-7H2,1H3,(H,12,13). The van der Waals surface area contributed by atoms with Crippen LogP contribution in [0, 0.1) is 0 Å². The van der Waals surface area contributed by atoms with Crippen molar-refractivity contribution in [3.05, 3.63) is 11.1 Å². The van der Waals surface area contributed by atoms with Crippen LogP contribution in [0.2, 0.25) is 0 Å². The van der Waals surface area contributed by atoms with Gasteiger partial charge in [0.05, 0.1) is 0 Å². The quantitative estimate of drug-likeness (QED) is 0.857. The van der Waals surface area contributed by atoms with E-state index in [-0.39, 0.29) is 0 Å². The highest BCUT2D eigenvalue weighted by Crippen LogP contribution is 2.32. The van der Waals surface area contributed by atoms with Crippen molar-refractivity contribution in [2.75, 3.05) is 25.1 Å². The smallest absolute Gasteiger partial charge is 0.182 e. The van der Waals surface area contributed by atoms with E-state index in [2.05, 4.69) is 17.2 Å². The first-order valence-corrected chi connectivity index (χ1v) is 6.49. The first-order valence-electron chi connectivity index (χ1n) is 5.67. The van der Waals surface area contributed by atoms with Gasteiger partial charge < -0.3 is 10.1 Å². The molecule has 1 aliphatic rings. The Balaban J connectivity index is 1.93. The molecular formula is C11H18N2OS. The lowest BCUT2D eigenvalue weighted by molar-refractivity contribution is 0.0860. The fourth-order valence-corrected chi connectivity index (χ4v) is 2.78. The van der Waals surface area contributed by atoms with E-state index in [4.69, 9.17) is 4.74 Å². The summed E-state index contributed by atoms with van der Waals surface area (Å²) >= 11 is 1.80. The number of nitrogens with one attached hydrogen (secondary N) is 1. The molecule has 1 aromatic heterocycles. The molecule has 15 heavy (non-hydrogen) atoms. The van der Waals surface area contributed by atoms with Gasteiger partial charge >= 0.3 is 0 Å². The first-order chi connectivity index (χ1) is 7.40. The predicted octanol–water partition coefficient (Wildman–Crippen LogP) is 2.86. The third-order valence-electron chi connectivity index (χ3n) is 2.67. The van der Waals surface area contributed by atoms with E-state index in [0.717, 1.165) is 44.2 Å². The number of ether oxygens (including phenoxy) is 1. The molecule has 1 aliphatic heterocycles. The minimum absolute atomic E-state index is 0.674. The van der Waals surface area contributed by atoms with Gasteiger partial charge in [0.1, 0.15) is 0 Å². The number of hydrogen-bond donors (Lipinski definition) is 1. The topological polar surface area (TPSA) is 34.2 Å². The van der Waals surface area contributed by atoms with Gasteiger partial charge in [-0.05, 0) is 25.2 Å². The summed E-state index contributed by atoms with van der Waals surface area (Å²) in [5.41, 5.74) is 0. The number of nitrogens with zero attached hydrogens (tertiary/aromatic N) is 1. The highest BCUT2D eigenvalue weighted by atomic mass is 32.1. The Morgan fingerprint density at radius 3 is 3.07 bits per heavy atom. The second-order valence-corrected chi connectivity index (χ2v) is 4.94. The molecule has 1 saturated heterocycles. The van der Waals surface area contributed by atoms with Gasteiger partial charge in [-0.3, -0.25) is 0 Å². The van der Waals surface area contributed by atoms with Crippen LogP contribution in [-0.4, -0.2) is 24.7 Å². The summed E-state index contributed by atoms with van der Waals surface area (Å²) in [6, 6.07) is 0. The second kappa shape index (κ2) is 5.47. The van der Waals surface area contributed by atoms with Gasteiger partial charge in [0.2, 0.25) is 0 Å². The molecule has 0 unspecified atom stereocenters. The Bertz CT molecular complexity index is 295. The average Bonchev–Trinajstić information content (AvgIpc) is 2.76. The van der Waals surface area contributed by atoms with Gasteiger partial charge in [0.15, 0.2) is 5.13 Å². The number of hydrogen-bond acceptors (Lipinski definition) is 4. The van der Waals surface area contributed by atoms with Crippen molar-refractivity contribution >= 4 is 16.5 Å². The first kappa shape index (κ1) is 10.9. The third-order valence-corrected chi connectivity index (χ3v) is 3.79. The number of thiazole rings is 1. The molecule has 0 amide bonds. The number of anilines is 1. The zero-order valence-corrected chi connectivity index (χ0v) is 9.98. The largest absolute Gasteiger partial charge is 0.381 e. The molecule has 0 aliphatic carbocycles. The fourth-order valence-electron chi connectivity index (χ4n) is 1.77. The zero-order chi connectivity index (χ0) is 10.5. The summed E-state index contributed by atoms with van der Waals surface area (Å²) in [6.45, 7) is 4.99. The summed E-state index contributed by atoms with van der Waals surface area (Å²) in [4.78, 5) is 5.81. The molecule has 2 heterocycles. The molecule has 2 rings (SSSR count). The molecule has 1 aromatic rings. The van der Waals surface area contributed by atoms with Gasteiger partial charge in [-0.1, -0.05) is 6.92 Å². The van der Waals surface area contributed by atoms with E-state index in [1.807, 2.05) is 6.20 Å². The van der Waals surface area contributed by atoms with Crippen molar-refractivity contribution in [2.45, 2.75) is 32.1 Å². The third kappa shape index (κ3) is 2.92. The van der Waals surface area contributed by atoms with Gasteiger partial charge in [-0.25, -0.2) is 4.98 Å². The molecule has 0 saturated carbocycles. The van der Waals surface area contributed by atoms with Crippen molar-refractivity contribution in [2.24, 2.45) is 0 Å². The summed E-state index contributed by atoms with van der Waals surface area (Å²) in [7, 11) is 0. The van der Waals surface area contributed by atoms with Crippen LogP contribution in [0.4, 0.5) is 5.13 Å². The second-order valence-electron chi connectivity index (χ2n) is 3.88. The zero-order valence-electron chi connectivity index (χ0n) is 9.16. The minimum atomic E-state index is 0.674. The maximum Gasteiger partial charge on any atom is 0.182 e. The van der Waals surface area contributed by atoms with Crippen molar-refractivity contribution < 1.29 is 4.74 Å². The monoisotopic (exact) mass is 226 g/mol. The average molecular weight is 226 g/mol. The highest BCUT2D eigenvalue weighted by molar-refractivity contribution is 7.15. The van der Waals surface area contributed by atoms with E-state index in [1.165, 1.54) is 4.88 Å². The van der Waals surface area contributed by atoms with Crippen LogP contribution in [0.3, 0.4) is 0 Å². The van der Waals surface area contributed by atoms with Crippen LogP contribution < -0.4 is 5.32 Å². The number of rotatable bonds is 4. The summed E-state index contributed by atoms with van der Waals surface area (Å²) < 4.78 is 5.36. The van der Waals surface area contributed by atoms with Crippen LogP contribution >= 0.6 is 11.3 Å². The molecule has 0 aromatic carbocycles. The lowest BCUT2D eigenvalue weighted by Crippen LogP contribution is -2.12. The van der Waals surface area contributed by atoms with Crippen LogP contribution in [0.15, 0.2) is 6.20 Å². The van der Waals surface area contributed by atoms with Gasteiger partial charge in [0, 0.05) is 30.8 Å². The van der Waals surface area contributed by atoms with Crippen LogP contribution in [0.25, 0.3) is 0 Å². The van der Waals surface area contributed by atoms with Crippen molar-refractivity contribution in [1.82, 2.24) is 4.98 Å². The molecule has 0 radical (unpaired) electrons. The van der Waals surface area contributed by atoms with Crippen molar-refractivity contribution in [1.29, 1.82) is 0 Å². The Hall–Kier alpha value is -0.610. The molecule has 0 spiro atoms. The fraction of sp³-hybridized carbons (Fsp3) is 0.727. The van der Waals surface area contributed by atoms with Crippen LogP contribution in [0.1, 0.15) is 37.0 Å². The van der Waals surface area contributed by atoms with E-state index >= 15 is 0 Å². The lowest BCUT2D eigenvalue weighted by atomic mass is 9.99. The minimum Gasteiger partial charge on any atom is -0.381 e. The summed E-state index contributed by atoms with van der Waals surface area (Å²) in [5, 5.41) is 4.40. The van der Waals surface area contributed by atoms with Crippen LogP contribution in [-0.2, 0) is 4.74 Å². The van der Waals surface area contributed by atoms with Gasteiger partial charge in [-0.15, -0.1) is 11.3 Å². The Kier molecular flexibility index (Phi) is 3.97. The SMILES string of the molecule is CCCNc1ncc(C2CCOCC2)s1. The van der Waals surface area contributed by atoms with E-state index in [0.29, 0.717) is 5.92 Å². The van der Waals surface area contributed by atoms with E-state index in [9.17, 15) is 0 Å². The maximum atomic E-state index is 5.36. The molecule has 1 N–H and O–H groups in total. The van der Waals surface area contributed by atoms with Gasteiger partial charge in [-0.2, -0.15) is 0 Å². The molecule has 0 atom stereocenters. The molecule has 84 valence electrons. The normalized spacial score (nSPS) is 17.9. The molecular weight excluding hydrogens is 208 g/mol. The number of aromatic nitrogens is 1. The Labute approximate surface area is 94.9 Å². The van der Waals surface area contributed by atoms with Crippen molar-refractivity contribution in [3.63, 3.8) is 0 Å².